The van der Waals surface area contributed by atoms with Crippen LogP contribution >= 0.6 is 15.9 Å². The van der Waals surface area contributed by atoms with Crippen LogP contribution in [-0.4, -0.2) is 41.8 Å². The topological polar surface area (TPSA) is 32.7 Å². The number of hydrogen-bond acceptors (Lipinski definition) is 3. The van der Waals surface area contributed by atoms with Crippen molar-refractivity contribution < 1.29 is 9.84 Å². The molecule has 114 valence electrons. The van der Waals surface area contributed by atoms with Crippen molar-refractivity contribution in [1.82, 2.24) is 4.90 Å². The first-order valence-electron chi connectivity index (χ1n) is 7.12. The lowest BCUT2D eigenvalue weighted by Gasteiger charge is -2.41. The maximum Gasteiger partial charge on any atom is 0.119 e. The Balaban J connectivity index is 2.92. The second-order valence-electron chi connectivity index (χ2n) is 5.50. The van der Waals surface area contributed by atoms with E-state index in [1.54, 1.807) is 7.11 Å². The largest absolute Gasteiger partial charge is 0.497 e. The standard InChI is InChI=1S/C16H26BrNO2/c1-6-18(7-2)16(3,4)15(19)11-12-10-13(20-5)8-9-14(12)17/h8-10,15,19H,6-7,11H2,1-5H3. The van der Waals surface area contributed by atoms with E-state index in [4.69, 9.17) is 4.74 Å². The molecule has 0 fully saturated rings. The Morgan fingerprint density at radius 2 is 1.90 bits per heavy atom. The van der Waals surface area contributed by atoms with Crippen molar-refractivity contribution in [3.63, 3.8) is 0 Å². The Bertz CT molecular complexity index is 430. The molecule has 0 aliphatic carbocycles. The number of aliphatic hydroxyl groups is 1. The minimum absolute atomic E-state index is 0.258. The molecule has 0 bridgehead atoms. The van der Waals surface area contributed by atoms with E-state index in [2.05, 4.69) is 48.5 Å². The van der Waals surface area contributed by atoms with Crippen LogP contribution in [0.1, 0.15) is 33.3 Å². The summed E-state index contributed by atoms with van der Waals surface area (Å²) in [5, 5.41) is 10.6. The van der Waals surface area contributed by atoms with Crippen LogP contribution in [0.5, 0.6) is 5.75 Å². The van der Waals surface area contributed by atoms with Gasteiger partial charge in [0.15, 0.2) is 0 Å². The molecule has 20 heavy (non-hydrogen) atoms. The van der Waals surface area contributed by atoms with Gasteiger partial charge in [-0.2, -0.15) is 0 Å². The number of benzene rings is 1. The molecule has 1 atom stereocenters. The summed E-state index contributed by atoms with van der Waals surface area (Å²) in [5.74, 6) is 0.816. The highest BCUT2D eigenvalue weighted by Gasteiger charge is 2.33. The smallest absolute Gasteiger partial charge is 0.119 e. The Hall–Kier alpha value is -0.580. The molecule has 0 saturated heterocycles. The number of rotatable bonds is 7. The zero-order valence-corrected chi connectivity index (χ0v) is 14.7. The van der Waals surface area contributed by atoms with Gasteiger partial charge < -0.3 is 9.84 Å². The molecule has 0 spiro atoms. The highest BCUT2D eigenvalue weighted by molar-refractivity contribution is 9.10. The van der Waals surface area contributed by atoms with Crippen LogP contribution in [0.25, 0.3) is 0 Å². The molecule has 0 aromatic heterocycles. The lowest BCUT2D eigenvalue weighted by Crippen LogP contribution is -2.53. The molecule has 3 nitrogen and oxygen atoms in total. The molecule has 0 aliphatic rings. The highest BCUT2D eigenvalue weighted by Crippen LogP contribution is 2.27. The fraction of sp³-hybridized carbons (Fsp3) is 0.625. The minimum atomic E-state index is -0.439. The van der Waals surface area contributed by atoms with E-state index < -0.39 is 6.10 Å². The van der Waals surface area contributed by atoms with Crippen molar-refractivity contribution in [3.8, 4) is 5.75 Å². The quantitative estimate of drug-likeness (QED) is 0.822. The van der Waals surface area contributed by atoms with Crippen LogP contribution in [0.15, 0.2) is 22.7 Å². The van der Waals surface area contributed by atoms with Crippen LogP contribution in [0.4, 0.5) is 0 Å². The van der Waals surface area contributed by atoms with E-state index >= 15 is 0 Å². The third-order valence-corrected chi connectivity index (χ3v) is 4.83. The summed E-state index contributed by atoms with van der Waals surface area (Å²) in [7, 11) is 1.66. The molecule has 1 aromatic rings. The maximum absolute atomic E-state index is 10.6. The molecule has 1 rings (SSSR count). The first kappa shape index (κ1) is 17.5. The Labute approximate surface area is 131 Å². The number of likely N-dealkylation sites (N-methyl/N-ethyl adjacent to an activating group) is 1. The van der Waals surface area contributed by atoms with E-state index in [9.17, 15) is 5.11 Å². The summed E-state index contributed by atoms with van der Waals surface area (Å²) in [6, 6.07) is 5.85. The molecule has 0 aliphatic heterocycles. The number of ether oxygens (including phenoxy) is 1. The number of aliphatic hydroxyl groups excluding tert-OH is 1. The van der Waals surface area contributed by atoms with Gasteiger partial charge in [-0.15, -0.1) is 0 Å². The zero-order valence-electron chi connectivity index (χ0n) is 13.1. The summed E-state index contributed by atoms with van der Waals surface area (Å²) in [6.45, 7) is 10.3. The number of nitrogens with zero attached hydrogens (tertiary/aromatic N) is 1. The molecule has 0 saturated carbocycles. The summed E-state index contributed by atoms with van der Waals surface area (Å²) in [5.41, 5.74) is 0.809. The number of hydrogen-bond donors (Lipinski definition) is 1. The van der Waals surface area contributed by atoms with Gasteiger partial charge in [-0.1, -0.05) is 29.8 Å². The number of methoxy groups -OCH3 is 1. The van der Waals surface area contributed by atoms with Crippen LogP contribution in [0, 0.1) is 0 Å². The van der Waals surface area contributed by atoms with Crippen molar-refractivity contribution in [3.05, 3.63) is 28.2 Å². The van der Waals surface area contributed by atoms with Crippen LogP contribution in [0.3, 0.4) is 0 Å². The van der Waals surface area contributed by atoms with Crippen molar-refractivity contribution in [2.75, 3.05) is 20.2 Å². The van der Waals surface area contributed by atoms with Crippen LogP contribution in [-0.2, 0) is 6.42 Å². The summed E-state index contributed by atoms with van der Waals surface area (Å²) in [4.78, 5) is 2.28. The normalized spacial score (nSPS) is 13.6. The maximum atomic E-state index is 10.6. The molecular weight excluding hydrogens is 318 g/mol. The second kappa shape index (κ2) is 7.43. The Kier molecular flexibility index (Phi) is 6.49. The molecule has 1 unspecified atom stereocenters. The Morgan fingerprint density at radius 1 is 1.30 bits per heavy atom. The van der Waals surface area contributed by atoms with Crippen molar-refractivity contribution in [2.45, 2.75) is 45.8 Å². The second-order valence-corrected chi connectivity index (χ2v) is 6.36. The molecule has 0 heterocycles. The van der Waals surface area contributed by atoms with Gasteiger partial charge in [-0.25, -0.2) is 0 Å². The predicted octanol–water partition coefficient (Wildman–Crippen LogP) is 3.48. The molecule has 0 amide bonds. The van der Waals surface area contributed by atoms with Gasteiger partial charge in [0.25, 0.3) is 0 Å². The summed E-state index contributed by atoms with van der Waals surface area (Å²) < 4.78 is 6.26. The average molecular weight is 344 g/mol. The summed E-state index contributed by atoms with van der Waals surface area (Å²) in [6.07, 6.45) is 0.159. The van der Waals surface area contributed by atoms with E-state index in [1.165, 1.54) is 0 Å². The SMILES string of the molecule is CCN(CC)C(C)(C)C(O)Cc1cc(OC)ccc1Br. The fourth-order valence-electron chi connectivity index (χ4n) is 2.54. The molecule has 4 heteroatoms. The van der Waals surface area contributed by atoms with Gasteiger partial charge in [0, 0.05) is 16.4 Å². The molecule has 0 radical (unpaired) electrons. The van der Waals surface area contributed by atoms with E-state index in [-0.39, 0.29) is 5.54 Å². The highest BCUT2D eigenvalue weighted by atomic mass is 79.9. The third-order valence-electron chi connectivity index (χ3n) is 4.06. The van der Waals surface area contributed by atoms with Gasteiger partial charge in [0.1, 0.15) is 5.75 Å². The van der Waals surface area contributed by atoms with Crippen LogP contribution in [0.2, 0.25) is 0 Å². The Morgan fingerprint density at radius 3 is 2.40 bits per heavy atom. The molecule has 1 N–H and O–H groups in total. The van der Waals surface area contributed by atoms with Crippen molar-refractivity contribution in [1.29, 1.82) is 0 Å². The van der Waals surface area contributed by atoms with E-state index in [0.717, 1.165) is 28.9 Å². The van der Waals surface area contributed by atoms with Gasteiger partial charge >= 0.3 is 0 Å². The minimum Gasteiger partial charge on any atom is -0.497 e. The summed E-state index contributed by atoms with van der Waals surface area (Å²) >= 11 is 3.55. The van der Waals surface area contributed by atoms with E-state index in [0.29, 0.717) is 6.42 Å². The lowest BCUT2D eigenvalue weighted by molar-refractivity contribution is -0.00425. The number of halogens is 1. The van der Waals surface area contributed by atoms with Crippen LogP contribution < -0.4 is 4.74 Å². The third kappa shape index (κ3) is 3.96. The fourth-order valence-corrected chi connectivity index (χ4v) is 2.95. The van der Waals surface area contributed by atoms with Gasteiger partial charge in [-0.3, -0.25) is 4.90 Å². The average Bonchev–Trinajstić information content (AvgIpc) is 2.42. The van der Waals surface area contributed by atoms with Gasteiger partial charge in [-0.05, 0) is 50.7 Å². The zero-order chi connectivity index (χ0) is 15.3. The van der Waals surface area contributed by atoms with Gasteiger partial charge in [0.2, 0.25) is 0 Å². The monoisotopic (exact) mass is 343 g/mol. The molecular formula is C16H26BrNO2. The first-order chi connectivity index (χ1) is 9.36. The van der Waals surface area contributed by atoms with Gasteiger partial charge in [0.05, 0.1) is 13.2 Å². The lowest BCUT2D eigenvalue weighted by atomic mass is 9.90. The molecule has 1 aromatic carbocycles. The predicted molar refractivity (Wildman–Crippen MR) is 87.4 cm³/mol. The first-order valence-corrected chi connectivity index (χ1v) is 7.91. The van der Waals surface area contributed by atoms with Crippen molar-refractivity contribution in [2.24, 2.45) is 0 Å². The van der Waals surface area contributed by atoms with Crippen molar-refractivity contribution >= 4 is 15.9 Å². The van der Waals surface area contributed by atoms with E-state index in [1.807, 2.05) is 18.2 Å².